The maximum atomic E-state index is 13.3. The van der Waals surface area contributed by atoms with Crippen LogP contribution in [0.5, 0.6) is 0 Å². The number of aromatic nitrogens is 3. The van der Waals surface area contributed by atoms with Crippen LogP contribution in [-0.2, 0) is 20.8 Å². The maximum absolute atomic E-state index is 13.3. The molecule has 1 saturated heterocycles. The van der Waals surface area contributed by atoms with Gasteiger partial charge in [-0.1, -0.05) is 26.8 Å². The molecule has 1 aliphatic heterocycles. The Hall–Kier alpha value is -3.33. The smallest absolute Gasteiger partial charge is 0.341 e. The van der Waals surface area contributed by atoms with Crippen molar-refractivity contribution in [2.75, 3.05) is 13.2 Å². The van der Waals surface area contributed by atoms with Crippen molar-refractivity contribution < 1.29 is 19.1 Å². The summed E-state index contributed by atoms with van der Waals surface area (Å²) in [5.41, 5.74) is -0.114. The van der Waals surface area contributed by atoms with Gasteiger partial charge in [0.15, 0.2) is 5.49 Å². The van der Waals surface area contributed by atoms with Crippen LogP contribution in [0.1, 0.15) is 50.9 Å². The molecular formula is C24H28N4O5. The van der Waals surface area contributed by atoms with Gasteiger partial charge in [-0.25, -0.2) is 9.78 Å². The second-order valence-electron chi connectivity index (χ2n) is 9.10. The molecule has 4 heterocycles. The van der Waals surface area contributed by atoms with Crippen molar-refractivity contribution in [3.05, 3.63) is 51.9 Å². The summed E-state index contributed by atoms with van der Waals surface area (Å²) in [6.45, 7) is 8.04. The molecule has 1 atom stereocenters. The minimum absolute atomic E-state index is 0.0507. The number of fused-ring (bicyclic) bond motifs is 2. The predicted molar refractivity (Wildman–Crippen MR) is 122 cm³/mol. The lowest BCUT2D eigenvalue weighted by Crippen LogP contribution is -2.36. The summed E-state index contributed by atoms with van der Waals surface area (Å²) < 4.78 is 14.2. The molecule has 0 saturated carbocycles. The molecule has 0 radical (unpaired) electrons. The Balaban J connectivity index is 2.13. The number of ether oxygens (including phenoxy) is 2. The summed E-state index contributed by atoms with van der Waals surface area (Å²) >= 11 is 0. The van der Waals surface area contributed by atoms with Gasteiger partial charge in [-0.05, 0) is 38.0 Å². The highest BCUT2D eigenvalue weighted by Gasteiger charge is 2.26. The van der Waals surface area contributed by atoms with Gasteiger partial charge in [0.05, 0.1) is 24.6 Å². The van der Waals surface area contributed by atoms with Crippen molar-refractivity contribution in [3.63, 3.8) is 0 Å². The van der Waals surface area contributed by atoms with Crippen LogP contribution in [0.2, 0.25) is 0 Å². The van der Waals surface area contributed by atoms with E-state index in [4.69, 9.17) is 14.5 Å². The first kappa shape index (κ1) is 22.8. The Labute approximate surface area is 190 Å². The topological polar surface area (TPSA) is 104 Å². The fourth-order valence-electron chi connectivity index (χ4n) is 3.79. The Morgan fingerprint density at radius 3 is 2.76 bits per heavy atom. The molecule has 3 aromatic rings. The predicted octanol–water partition coefficient (Wildman–Crippen LogP) is 2.48. The van der Waals surface area contributed by atoms with Crippen molar-refractivity contribution in [1.82, 2.24) is 14.0 Å². The maximum Gasteiger partial charge on any atom is 0.341 e. The Morgan fingerprint density at radius 2 is 2.09 bits per heavy atom. The van der Waals surface area contributed by atoms with Crippen molar-refractivity contribution in [2.45, 2.75) is 53.2 Å². The van der Waals surface area contributed by atoms with E-state index in [0.29, 0.717) is 24.4 Å². The fraction of sp³-hybridized carbons (Fsp3) is 0.458. The van der Waals surface area contributed by atoms with Gasteiger partial charge < -0.3 is 14.0 Å². The first-order valence-corrected chi connectivity index (χ1v) is 11.1. The van der Waals surface area contributed by atoms with Crippen LogP contribution in [-0.4, -0.2) is 45.1 Å². The van der Waals surface area contributed by atoms with Crippen LogP contribution in [0.4, 0.5) is 0 Å². The number of esters is 1. The van der Waals surface area contributed by atoms with E-state index in [2.05, 4.69) is 4.99 Å². The molecule has 1 amide bonds. The highest BCUT2D eigenvalue weighted by Crippen LogP contribution is 2.19. The van der Waals surface area contributed by atoms with Crippen molar-refractivity contribution in [1.29, 1.82) is 0 Å². The van der Waals surface area contributed by atoms with E-state index in [1.54, 1.807) is 56.7 Å². The number of rotatable bonds is 4. The molecule has 0 spiro atoms. The molecule has 33 heavy (non-hydrogen) atoms. The Morgan fingerprint density at radius 1 is 1.30 bits per heavy atom. The standard InChI is InChI=1S/C24H28N4O5/c1-5-32-22(30)17-13-16-19(25-18-10-6-7-11-27(18)21(16)29)28(14-15-9-8-12-33-15)20(17)26-23(31)24(2,3)4/h6-7,10-11,13,15H,5,8-9,12,14H2,1-4H3/t15-/m1/s1. The van der Waals surface area contributed by atoms with E-state index in [0.717, 1.165) is 12.8 Å². The third-order valence-electron chi connectivity index (χ3n) is 5.54. The summed E-state index contributed by atoms with van der Waals surface area (Å²) in [6, 6.07) is 6.69. The largest absolute Gasteiger partial charge is 0.462 e. The molecule has 174 valence electrons. The molecule has 1 fully saturated rings. The summed E-state index contributed by atoms with van der Waals surface area (Å²) in [4.78, 5) is 48.2. The van der Waals surface area contributed by atoms with E-state index < -0.39 is 17.3 Å². The fourth-order valence-corrected chi connectivity index (χ4v) is 3.79. The van der Waals surface area contributed by atoms with Gasteiger partial charge >= 0.3 is 5.97 Å². The lowest BCUT2D eigenvalue weighted by Gasteiger charge is -2.19. The van der Waals surface area contributed by atoms with Gasteiger partial charge in [-0.15, -0.1) is 0 Å². The zero-order valence-corrected chi connectivity index (χ0v) is 19.3. The van der Waals surface area contributed by atoms with Gasteiger partial charge in [0.1, 0.15) is 16.9 Å². The third kappa shape index (κ3) is 4.45. The number of hydrogen-bond donors (Lipinski definition) is 0. The van der Waals surface area contributed by atoms with Gasteiger partial charge in [0.25, 0.3) is 11.5 Å². The normalized spacial score (nSPS) is 17.1. The van der Waals surface area contributed by atoms with Crippen LogP contribution in [0.25, 0.3) is 16.7 Å². The summed E-state index contributed by atoms with van der Waals surface area (Å²) in [5, 5.41) is 0.238. The lowest BCUT2D eigenvalue weighted by atomic mass is 9.96. The highest BCUT2D eigenvalue weighted by atomic mass is 16.5. The molecule has 0 N–H and O–H groups in total. The number of amides is 1. The van der Waals surface area contributed by atoms with Crippen LogP contribution in [0, 0.1) is 5.41 Å². The monoisotopic (exact) mass is 452 g/mol. The van der Waals surface area contributed by atoms with Gasteiger partial charge in [-0.3, -0.25) is 14.0 Å². The van der Waals surface area contributed by atoms with Gasteiger partial charge in [0.2, 0.25) is 0 Å². The molecule has 1 aliphatic rings. The van der Waals surface area contributed by atoms with Crippen LogP contribution < -0.4 is 11.0 Å². The van der Waals surface area contributed by atoms with Gasteiger partial charge in [0, 0.05) is 18.2 Å². The molecule has 9 nitrogen and oxygen atoms in total. The summed E-state index contributed by atoms with van der Waals surface area (Å²) in [7, 11) is 0. The van der Waals surface area contributed by atoms with Crippen LogP contribution in [0.3, 0.4) is 0 Å². The van der Waals surface area contributed by atoms with Gasteiger partial charge in [-0.2, -0.15) is 4.99 Å². The molecule has 0 bridgehead atoms. The van der Waals surface area contributed by atoms with E-state index in [1.807, 2.05) is 0 Å². The number of carbonyl (C=O) groups excluding carboxylic acids is 2. The molecule has 0 aliphatic carbocycles. The first-order valence-electron chi connectivity index (χ1n) is 11.1. The molecule has 0 unspecified atom stereocenters. The van der Waals surface area contributed by atoms with Crippen LogP contribution in [0.15, 0.2) is 40.2 Å². The highest BCUT2D eigenvalue weighted by molar-refractivity contribution is 5.94. The average molecular weight is 453 g/mol. The molecule has 3 aromatic heterocycles. The SMILES string of the molecule is CCOC(=O)c1cc2c(=O)n3ccccc3nc2n(C[C@H]2CCCO2)c1=NC(=O)C(C)(C)C. The second kappa shape index (κ2) is 8.90. The van der Waals surface area contributed by atoms with E-state index in [-0.39, 0.29) is 34.7 Å². The Bertz CT molecular complexity index is 1360. The lowest BCUT2D eigenvalue weighted by molar-refractivity contribution is -0.125. The first-order chi connectivity index (χ1) is 15.7. The molecule has 4 rings (SSSR count). The van der Waals surface area contributed by atoms with Crippen molar-refractivity contribution in [3.8, 4) is 0 Å². The van der Waals surface area contributed by atoms with E-state index >= 15 is 0 Å². The zero-order valence-electron chi connectivity index (χ0n) is 19.3. The number of carbonyl (C=O) groups is 2. The van der Waals surface area contributed by atoms with E-state index in [9.17, 15) is 14.4 Å². The van der Waals surface area contributed by atoms with E-state index in [1.165, 1.54) is 10.5 Å². The molecular weight excluding hydrogens is 424 g/mol. The minimum atomic E-state index is -0.765. The minimum Gasteiger partial charge on any atom is -0.462 e. The molecule has 9 heteroatoms. The quantitative estimate of drug-likeness (QED) is 0.445. The van der Waals surface area contributed by atoms with Crippen molar-refractivity contribution in [2.24, 2.45) is 10.4 Å². The third-order valence-corrected chi connectivity index (χ3v) is 5.54. The zero-order chi connectivity index (χ0) is 23.8. The average Bonchev–Trinajstić information content (AvgIpc) is 3.28. The molecule has 0 aromatic carbocycles. The van der Waals surface area contributed by atoms with Crippen molar-refractivity contribution >= 4 is 28.6 Å². The van der Waals surface area contributed by atoms with Crippen LogP contribution >= 0.6 is 0 Å². The number of nitrogens with zero attached hydrogens (tertiary/aromatic N) is 4. The second-order valence-corrected chi connectivity index (χ2v) is 9.10. The summed E-state index contributed by atoms with van der Waals surface area (Å²) in [5.74, 6) is -1.05. The number of pyridine rings is 2. The Kier molecular flexibility index (Phi) is 6.16. The number of hydrogen-bond acceptors (Lipinski definition) is 6. The summed E-state index contributed by atoms with van der Waals surface area (Å²) in [6.07, 6.45) is 3.20.